The van der Waals surface area contributed by atoms with Gasteiger partial charge >= 0.3 is 0 Å². The molecule has 9 heteroatoms. The molecule has 0 radical (unpaired) electrons. The molecular weight excluding hydrogens is 406 g/mol. The van der Waals surface area contributed by atoms with E-state index in [1.807, 2.05) is 20.8 Å². The Labute approximate surface area is 179 Å². The highest BCUT2D eigenvalue weighted by Crippen LogP contribution is 2.27. The van der Waals surface area contributed by atoms with Gasteiger partial charge in [-0.1, -0.05) is 34.6 Å². The summed E-state index contributed by atoms with van der Waals surface area (Å²) in [5.41, 5.74) is -0.260. The van der Waals surface area contributed by atoms with Crippen LogP contribution < -0.4 is 4.74 Å². The van der Waals surface area contributed by atoms with Gasteiger partial charge in [-0.3, -0.25) is 9.59 Å². The summed E-state index contributed by atoms with van der Waals surface area (Å²) in [6.07, 6.45) is 0. The first-order valence-corrected chi connectivity index (χ1v) is 11.7. The molecule has 0 spiro atoms. The van der Waals surface area contributed by atoms with Crippen LogP contribution in [0, 0.1) is 5.41 Å². The standard InChI is InChI=1S/C21H33N3O5S/c1-7-24(8-2)30(27,28)16-9-10-18(29-6)17(15-16)19(25)22-11-13-23(14-12-22)20(26)21(3,4)5/h9-10,15H,7-8,11-14H2,1-6H3. The highest BCUT2D eigenvalue weighted by molar-refractivity contribution is 7.89. The Balaban J connectivity index is 2.27. The van der Waals surface area contributed by atoms with Gasteiger partial charge in [0.2, 0.25) is 15.9 Å². The van der Waals surface area contributed by atoms with Gasteiger partial charge in [0.1, 0.15) is 5.75 Å². The zero-order chi connectivity index (χ0) is 22.7. The van der Waals surface area contributed by atoms with Gasteiger partial charge in [0, 0.05) is 44.7 Å². The van der Waals surface area contributed by atoms with Gasteiger partial charge in [-0.25, -0.2) is 8.42 Å². The zero-order valence-electron chi connectivity index (χ0n) is 18.8. The van der Waals surface area contributed by atoms with Crippen molar-refractivity contribution in [1.29, 1.82) is 0 Å². The first-order chi connectivity index (χ1) is 14.0. The normalized spacial score (nSPS) is 15.4. The molecule has 1 aliphatic heterocycles. The summed E-state index contributed by atoms with van der Waals surface area (Å²) < 4.78 is 32.4. The lowest BCUT2D eigenvalue weighted by atomic mass is 9.94. The number of amides is 2. The van der Waals surface area contributed by atoms with Gasteiger partial charge in [0.15, 0.2) is 0 Å². The molecule has 0 saturated carbocycles. The van der Waals surface area contributed by atoms with Crippen LogP contribution in [0.15, 0.2) is 23.1 Å². The molecule has 1 heterocycles. The third-order valence-corrected chi connectivity index (χ3v) is 7.29. The minimum Gasteiger partial charge on any atom is -0.496 e. The maximum absolute atomic E-state index is 13.2. The predicted octanol–water partition coefficient (Wildman–Crippen LogP) is 2.06. The molecule has 1 saturated heterocycles. The van der Waals surface area contributed by atoms with Crippen LogP contribution >= 0.6 is 0 Å². The van der Waals surface area contributed by atoms with E-state index >= 15 is 0 Å². The van der Waals surface area contributed by atoms with Gasteiger partial charge < -0.3 is 14.5 Å². The van der Waals surface area contributed by atoms with Crippen molar-refractivity contribution in [3.05, 3.63) is 23.8 Å². The fourth-order valence-corrected chi connectivity index (χ4v) is 4.97. The minimum atomic E-state index is -3.70. The summed E-state index contributed by atoms with van der Waals surface area (Å²) in [5.74, 6) is 0.0810. The van der Waals surface area contributed by atoms with Crippen LogP contribution in [0.25, 0.3) is 0 Å². The molecule has 0 aliphatic carbocycles. The molecule has 0 unspecified atom stereocenters. The number of nitrogens with zero attached hydrogens (tertiary/aromatic N) is 3. The lowest BCUT2D eigenvalue weighted by Gasteiger charge is -2.37. The summed E-state index contributed by atoms with van der Waals surface area (Å²) in [6, 6.07) is 4.37. The van der Waals surface area contributed by atoms with Gasteiger partial charge in [-0.2, -0.15) is 4.31 Å². The van der Waals surface area contributed by atoms with E-state index in [-0.39, 0.29) is 22.3 Å². The van der Waals surface area contributed by atoms with Gasteiger partial charge in [0.25, 0.3) is 5.91 Å². The summed E-state index contributed by atoms with van der Waals surface area (Å²) in [6.45, 7) is 11.5. The molecule has 2 rings (SSSR count). The molecule has 0 atom stereocenters. The Hall–Kier alpha value is -2.13. The molecule has 2 amide bonds. The van der Waals surface area contributed by atoms with Gasteiger partial charge in [0.05, 0.1) is 17.6 Å². The fraction of sp³-hybridized carbons (Fsp3) is 0.619. The second-order valence-electron chi connectivity index (χ2n) is 8.29. The Morgan fingerprint density at radius 2 is 1.57 bits per heavy atom. The Morgan fingerprint density at radius 3 is 2.03 bits per heavy atom. The van der Waals surface area contributed by atoms with Gasteiger partial charge in [-0.05, 0) is 18.2 Å². The fourth-order valence-electron chi connectivity index (χ4n) is 3.48. The van der Waals surface area contributed by atoms with Crippen LogP contribution in [0.1, 0.15) is 45.0 Å². The monoisotopic (exact) mass is 439 g/mol. The van der Waals surface area contributed by atoms with E-state index in [2.05, 4.69) is 0 Å². The van der Waals surface area contributed by atoms with Gasteiger partial charge in [-0.15, -0.1) is 0 Å². The quantitative estimate of drug-likeness (QED) is 0.677. The van der Waals surface area contributed by atoms with Crippen LogP contribution in [0.2, 0.25) is 0 Å². The van der Waals surface area contributed by atoms with Crippen LogP contribution in [-0.4, -0.2) is 80.7 Å². The van der Waals surface area contributed by atoms with Crippen LogP contribution in [0.5, 0.6) is 5.75 Å². The van der Waals surface area contributed by atoms with Crippen molar-refractivity contribution in [3.8, 4) is 5.75 Å². The van der Waals surface area contributed by atoms with Crippen LogP contribution in [0.4, 0.5) is 0 Å². The first kappa shape index (κ1) is 24.1. The van der Waals surface area contributed by atoms with E-state index in [0.717, 1.165) is 0 Å². The van der Waals surface area contributed by atoms with E-state index in [1.165, 1.54) is 29.6 Å². The van der Waals surface area contributed by atoms with E-state index < -0.39 is 15.4 Å². The molecule has 1 aromatic carbocycles. The number of sulfonamides is 1. The summed E-state index contributed by atoms with van der Waals surface area (Å²) >= 11 is 0. The Morgan fingerprint density at radius 1 is 1.03 bits per heavy atom. The largest absolute Gasteiger partial charge is 0.496 e. The number of benzene rings is 1. The molecular formula is C21H33N3O5S. The van der Waals surface area contributed by atoms with E-state index in [1.54, 1.807) is 23.6 Å². The summed E-state index contributed by atoms with van der Waals surface area (Å²) in [4.78, 5) is 29.1. The van der Waals surface area contributed by atoms with E-state index in [0.29, 0.717) is 45.0 Å². The third kappa shape index (κ3) is 4.95. The van der Waals surface area contributed by atoms with Crippen molar-refractivity contribution in [2.24, 2.45) is 5.41 Å². The number of carbonyl (C=O) groups excluding carboxylic acids is 2. The Kier molecular flexibility index (Phi) is 7.52. The molecule has 0 N–H and O–H groups in total. The molecule has 1 aliphatic rings. The first-order valence-electron chi connectivity index (χ1n) is 10.2. The van der Waals surface area contributed by atoms with Crippen molar-refractivity contribution in [2.75, 3.05) is 46.4 Å². The van der Waals surface area contributed by atoms with Crippen molar-refractivity contribution < 1.29 is 22.7 Å². The summed E-state index contributed by atoms with van der Waals surface area (Å²) in [5, 5.41) is 0. The molecule has 1 fully saturated rings. The SMILES string of the molecule is CCN(CC)S(=O)(=O)c1ccc(OC)c(C(=O)N2CCN(C(=O)C(C)(C)C)CC2)c1. The number of piperazine rings is 1. The third-order valence-electron chi connectivity index (χ3n) is 5.24. The minimum absolute atomic E-state index is 0.0551. The average Bonchev–Trinajstić information content (AvgIpc) is 2.72. The topological polar surface area (TPSA) is 87.2 Å². The number of hydrogen-bond donors (Lipinski definition) is 0. The highest BCUT2D eigenvalue weighted by atomic mass is 32.2. The second kappa shape index (κ2) is 9.34. The number of ether oxygens (including phenoxy) is 1. The molecule has 0 aromatic heterocycles. The van der Waals surface area contributed by atoms with Crippen molar-refractivity contribution >= 4 is 21.8 Å². The molecule has 0 bridgehead atoms. The van der Waals surface area contributed by atoms with Crippen molar-refractivity contribution in [3.63, 3.8) is 0 Å². The summed E-state index contributed by atoms with van der Waals surface area (Å²) in [7, 11) is -2.25. The van der Waals surface area contributed by atoms with E-state index in [4.69, 9.17) is 4.74 Å². The maximum atomic E-state index is 13.2. The number of methoxy groups -OCH3 is 1. The molecule has 1 aromatic rings. The maximum Gasteiger partial charge on any atom is 0.257 e. The van der Waals surface area contributed by atoms with Crippen LogP contribution in [0.3, 0.4) is 0 Å². The lowest BCUT2D eigenvalue weighted by molar-refractivity contribution is -0.140. The highest BCUT2D eigenvalue weighted by Gasteiger charge is 2.32. The second-order valence-corrected chi connectivity index (χ2v) is 10.2. The Bertz CT molecular complexity index is 880. The number of hydrogen-bond acceptors (Lipinski definition) is 5. The lowest BCUT2D eigenvalue weighted by Crippen LogP contribution is -2.53. The smallest absolute Gasteiger partial charge is 0.257 e. The molecule has 8 nitrogen and oxygen atoms in total. The predicted molar refractivity (Wildman–Crippen MR) is 115 cm³/mol. The van der Waals surface area contributed by atoms with Crippen molar-refractivity contribution in [1.82, 2.24) is 14.1 Å². The molecule has 168 valence electrons. The molecule has 30 heavy (non-hydrogen) atoms. The zero-order valence-corrected chi connectivity index (χ0v) is 19.6. The average molecular weight is 440 g/mol. The van der Waals surface area contributed by atoms with Crippen LogP contribution in [-0.2, 0) is 14.8 Å². The van der Waals surface area contributed by atoms with Crippen molar-refractivity contribution in [2.45, 2.75) is 39.5 Å². The number of carbonyl (C=O) groups is 2. The van der Waals surface area contributed by atoms with E-state index in [9.17, 15) is 18.0 Å². The number of rotatable bonds is 6.